The van der Waals surface area contributed by atoms with Crippen molar-refractivity contribution >= 4 is 11.8 Å². The summed E-state index contributed by atoms with van der Waals surface area (Å²) in [5, 5.41) is 11.2. The van der Waals surface area contributed by atoms with Gasteiger partial charge in [0.25, 0.3) is 0 Å². The van der Waals surface area contributed by atoms with E-state index in [0.29, 0.717) is 0 Å². The van der Waals surface area contributed by atoms with Crippen molar-refractivity contribution in [3.63, 3.8) is 0 Å². The fraction of sp³-hybridized carbons (Fsp3) is 0.667. The van der Waals surface area contributed by atoms with Gasteiger partial charge in [0.05, 0.1) is 0 Å². The molecular weight excluding hydrogens is 146 g/mol. The number of thioether (sulfide) groups is 1. The van der Waals surface area contributed by atoms with Crippen molar-refractivity contribution in [2.45, 2.75) is 0 Å². The molecule has 2 heterocycles. The zero-order valence-electron chi connectivity index (χ0n) is 5.74. The van der Waals surface area contributed by atoms with Gasteiger partial charge >= 0.3 is 0 Å². The molecule has 0 fully saturated rings. The van der Waals surface area contributed by atoms with Gasteiger partial charge in [0.2, 0.25) is 0 Å². The molecule has 10 heavy (non-hydrogen) atoms. The van der Waals surface area contributed by atoms with Crippen molar-refractivity contribution in [3.8, 4) is 0 Å². The van der Waals surface area contributed by atoms with Crippen LogP contribution in [0.15, 0.2) is 10.9 Å². The molecule has 3 nitrogen and oxygen atoms in total. The molecule has 0 amide bonds. The van der Waals surface area contributed by atoms with Crippen LogP contribution in [0, 0.1) is 0 Å². The summed E-state index contributed by atoms with van der Waals surface area (Å²) in [5.74, 6) is 2.37. The van der Waals surface area contributed by atoms with E-state index in [0.717, 1.165) is 19.6 Å². The van der Waals surface area contributed by atoms with E-state index < -0.39 is 0 Å². The third-order valence-corrected chi connectivity index (χ3v) is 2.64. The first-order valence-corrected chi connectivity index (χ1v) is 4.54. The van der Waals surface area contributed by atoms with E-state index in [9.17, 15) is 0 Å². The van der Waals surface area contributed by atoms with Gasteiger partial charge in [-0.3, -0.25) is 0 Å². The second kappa shape index (κ2) is 2.62. The third-order valence-electron chi connectivity index (χ3n) is 1.59. The first-order valence-electron chi connectivity index (χ1n) is 3.55. The second-order valence-corrected chi connectivity index (χ2v) is 3.44. The Labute approximate surface area is 64.6 Å². The Morgan fingerprint density at radius 3 is 2.70 bits per heavy atom. The maximum Gasteiger partial charge on any atom is 0.129 e. The minimum Gasteiger partial charge on any atom is -0.375 e. The van der Waals surface area contributed by atoms with Crippen LogP contribution in [0.25, 0.3) is 0 Å². The van der Waals surface area contributed by atoms with Crippen molar-refractivity contribution in [1.82, 2.24) is 16.0 Å². The molecular formula is C6H11N3S. The summed E-state index contributed by atoms with van der Waals surface area (Å²) in [6.45, 7) is 3.16. The highest BCUT2D eigenvalue weighted by Gasteiger charge is 2.14. The molecule has 2 aliphatic rings. The van der Waals surface area contributed by atoms with Crippen LogP contribution in [0.2, 0.25) is 0 Å². The molecule has 4 heteroatoms. The molecule has 0 unspecified atom stereocenters. The van der Waals surface area contributed by atoms with E-state index in [1.807, 2.05) is 11.8 Å². The number of nitrogens with one attached hydrogen (secondary N) is 3. The lowest BCUT2D eigenvalue weighted by Gasteiger charge is -2.27. The van der Waals surface area contributed by atoms with Crippen LogP contribution in [-0.4, -0.2) is 25.4 Å². The third kappa shape index (κ3) is 1.03. The Hall–Kier alpha value is -0.510. The van der Waals surface area contributed by atoms with Crippen LogP contribution in [-0.2, 0) is 0 Å². The van der Waals surface area contributed by atoms with Crippen LogP contribution in [0.1, 0.15) is 0 Å². The average molecular weight is 157 g/mol. The lowest BCUT2D eigenvalue weighted by molar-refractivity contribution is 0.612. The predicted molar refractivity (Wildman–Crippen MR) is 43.5 cm³/mol. The molecule has 0 spiro atoms. The van der Waals surface area contributed by atoms with Crippen molar-refractivity contribution in [1.29, 1.82) is 0 Å². The highest BCUT2D eigenvalue weighted by molar-refractivity contribution is 8.03. The van der Waals surface area contributed by atoms with E-state index in [2.05, 4.69) is 16.0 Å². The molecule has 2 aliphatic heterocycles. The zero-order valence-corrected chi connectivity index (χ0v) is 6.55. The first-order chi connectivity index (χ1) is 4.97. The van der Waals surface area contributed by atoms with Gasteiger partial charge < -0.3 is 16.0 Å². The van der Waals surface area contributed by atoms with Crippen LogP contribution in [0.4, 0.5) is 0 Å². The number of rotatable bonds is 0. The van der Waals surface area contributed by atoms with Gasteiger partial charge in [0.15, 0.2) is 0 Å². The largest absolute Gasteiger partial charge is 0.375 e. The Morgan fingerprint density at radius 1 is 1.00 bits per heavy atom. The van der Waals surface area contributed by atoms with Gasteiger partial charge in [0, 0.05) is 25.4 Å². The summed E-state index contributed by atoms with van der Waals surface area (Å²) in [6.07, 6.45) is 0. The molecule has 0 saturated heterocycles. The Bertz CT molecular complexity index is 132. The lowest BCUT2D eigenvalue weighted by Crippen LogP contribution is -2.43. The Balaban J connectivity index is 2.14. The molecule has 56 valence electrons. The van der Waals surface area contributed by atoms with Crippen LogP contribution in [0.5, 0.6) is 0 Å². The molecule has 2 rings (SSSR count). The minimum absolute atomic E-state index is 1.03. The molecule has 0 atom stereocenters. The molecule has 0 aromatic carbocycles. The quantitative estimate of drug-likeness (QED) is 0.449. The SMILES string of the molecule is C1CNC2=C(N1)NCCS2. The summed E-state index contributed by atoms with van der Waals surface area (Å²) >= 11 is 1.89. The van der Waals surface area contributed by atoms with Crippen molar-refractivity contribution in [2.75, 3.05) is 25.4 Å². The molecule has 0 aromatic rings. The fourth-order valence-corrected chi connectivity index (χ4v) is 2.03. The second-order valence-electron chi connectivity index (χ2n) is 2.33. The van der Waals surface area contributed by atoms with Crippen molar-refractivity contribution in [2.24, 2.45) is 0 Å². The Morgan fingerprint density at radius 2 is 1.80 bits per heavy atom. The molecule has 0 aromatic heterocycles. The van der Waals surface area contributed by atoms with Gasteiger partial charge in [-0.2, -0.15) is 0 Å². The standard InChI is InChI=1S/C6H11N3S/c1-2-9-6-5(7-1)8-3-4-10-6/h7-9H,1-4H2. The molecule has 0 bridgehead atoms. The monoisotopic (exact) mass is 157 g/mol. The molecule has 0 radical (unpaired) electrons. The van der Waals surface area contributed by atoms with Crippen molar-refractivity contribution < 1.29 is 0 Å². The number of hydrogen-bond acceptors (Lipinski definition) is 4. The normalized spacial score (nSPS) is 24.0. The van der Waals surface area contributed by atoms with E-state index in [4.69, 9.17) is 0 Å². The molecule has 3 N–H and O–H groups in total. The van der Waals surface area contributed by atoms with Gasteiger partial charge in [-0.15, -0.1) is 11.8 Å². The first kappa shape index (κ1) is 6.22. The Kier molecular flexibility index (Phi) is 1.63. The highest BCUT2D eigenvalue weighted by atomic mass is 32.2. The smallest absolute Gasteiger partial charge is 0.129 e. The zero-order chi connectivity index (χ0) is 6.81. The minimum atomic E-state index is 1.03. The molecule has 0 saturated carbocycles. The van der Waals surface area contributed by atoms with Gasteiger partial charge in [-0.1, -0.05) is 0 Å². The summed E-state index contributed by atoms with van der Waals surface area (Å²) in [6, 6.07) is 0. The van der Waals surface area contributed by atoms with Crippen LogP contribution < -0.4 is 16.0 Å². The maximum absolute atomic E-state index is 3.34. The van der Waals surface area contributed by atoms with E-state index in [1.165, 1.54) is 16.6 Å². The maximum atomic E-state index is 3.34. The summed E-state index contributed by atoms with van der Waals surface area (Å²) in [5.41, 5.74) is 0. The summed E-state index contributed by atoms with van der Waals surface area (Å²) in [7, 11) is 0. The van der Waals surface area contributed by atoms with Crippen LogP contribution >= 0.6 is 11.8 Å². The highest BCUT2D eigenvalue weighted by Crippen LogP contribution is 2.18. The van der Waals surface area contributed by atoms with E-state index >= 15 is 0 Å². The van der Waals surface area contributed by atoms with Crippen molar-refractivity contribution in [3.05, 3.63) is 10.9 Å². The van der Waals surface area contributed by atoms with Crippen LogP contribution in [0.3, 0.4) is 0 Å². The lowest BCUT2D eigenvalue weighted by atomic mass is 10.5. The fourth-order valence-electron chi connectivity index (χ4n) is 1.13. The number of hydrogen-bond donors (Lipinski definition) is 3. The average Bonchev–Trinajstić information content (AvgIpc) is 2.05. The molecule has 0 aliphatic carbocycles. The summed E-state index contributed by atoms with van der Waals surface area (Å²) in [4.78, 5) is 0. The predicted octanol–water partition coefficient (Wildman–Crippen LogP) is -0.358. The topological polar surface area (TPSA) is 36.1 Å². The van der Waals surface area contributed by atoms with Gasteiger partial charge in [-0.25, -0.2) is 0 Å². The van der Waals surface area contributed by atoms with Gasteiger partial charge in [-0.05, 0) is 0 Å². The van der Waals surface area contributed by atoms with E-state index in [-0.39, 0.29) is 0 Å². The van der Waals surface area contributed by atoms with Gasteiger partial charge in [0.1, 0.15) is 10.9 Å². The van der Waals surface area contributed by atoms with E-state index in [1.54, 1.807) is 0 Å². The summed E-state index contributed by atoms with van der Waals surface area (Å²) < 4.78 is 0.